The van der Waals surface area contributed by atoms with Crippen molar-refractivity contribution < 1.29 is 13.3 Å². The summed E-state index contributed by atoms with van der Waals surface area (Å²) in [4.78, 5) is 8.48. The Kier molecular flexibility index (Phi) is 5.05. The van der Waals surface area contributed by atoms with Gasteiger partial charge >= 0.3 is 0 Å². The molecule has 0 bridgehead atoms. The highest BCUT2D eigenvalue weighted by Crippen LogP contribution is 2.40. The van der Waals surface area contributed by atoms with E-state index < -0.39 is 11.6 Å². The monoisotopic (exact) mass is 421 g/mol. The zero-order valence-corrected chi connectivity index (χ0v) is 17.0. The van der Waals surface area contributed by atoms with E-state index >= 15 is 0 Å². The van der Waals surface area contributed by atoms with E-state index in [9.17, 15) is 8.78 Å². The van der Waals surface area contributed by atoms with Gasteiger partial charge in [0.05, 0.1) is 29.1 Å². The number of hydrogen-bond donors (Lipinski definition) is 0. The molecular weight excluding hydrogens is 400 g/mol. The molecule has 1 aromatic carbocycles. The Balaban J connectivity index is 1.62. The average Bonchev–Trinajstić information content (AvgIpc) is 3.44. The third kappa shape index (κ3) is 3.62. The molecular formula is C23H21F2N5O. The second kappa shape index (κ2) is 8.02. The van der Waals surface area contributed by atoms with E-state index in [1.54, 1.807) is 18.6 Å². The molecule has 31 heavy (non-hydrogen) atoms. The van der Waals surface area contributed by atoms with Crippen molar-refractivity contribution in [2.24, 2.45) is 5.92 Å². The molecule has 2 atom stereocenters. The zero-order valence-electron chi connectivity index (χ0n) is 17.0. The van der Waals surface area contributed by atoms with Gasteiger partial charge in [-0.05, 0) is 49.1 Å². The van der Waals surface area contributed by atoms with Crippen LogP contribution < -0.4 is 0 Å². The summed E-state index contributed by atoms with van der Waals surface area (Å²) >= 11 is 0. The van der Waals surface area contributed by atoms with Gasteiger partial charge < -0.3 is 4.52 Å². The van der Waals surface area contributed by atoms with E-state index in [0.717, 1.165) is 48.7 Å². The van der Waals surface area contributed by atoms with Crippen LogP contribution in [0.2, 0.25) is 0 Å². The minimum absolute atomic E-state index is 0.00790. The van der Waals surface area contributed by atoms with Crippen LogP contribution >= 0.6 is 0 Å². The second-order valence-corrected chi connectivity index (χ2v) is 7.96. The Bertz CT molecular complexity index is 1200. The predicted octanol–water partition coefficient (Wildman–Crippen LogP) is 5.69. The van der Waals surface area contributed by atoms with E-state index in [1.165, 1.54) is 6.42 Å². The lowest BCUT2D eigenvalue weighted by molar-refractivity contribution is 0.242. The van der Waals surface area contributed by atoms with Gasteiger partial charge in [-0.15, -0.1) is 0 Å². The number of pyridine rings is 1. The largest absolute Gasteiger partial charge is 0.333 e. The van der Waals surface area contributed by atoms with Crippen molar-refractivity contribution in [3.05, 3.63) is 60.6 Å². The van der Waals surface area contributed by atoms with E-state index in [2.05, 4.69) is 22.0 Å². The summed E-state index contributed by atoms with van der Waals surface area (Å²) in [5, 5.41) is 8.59. The fourth-order valence-electron chi connectivity index (χ4n) is 4.34. The highest BCUT2D eigenvalue weighted by atomic mass is 19.1. The van der Waals surface area contributed by atoms with E-state index in [-0.39, 0.29) is 23.3 Å². The molecule has 4 aromatic rings. The predicted molar refractivity (Wildman–Crippen MR) is 111 cm³/mol. The summed E-state index contributed by atoms with van der Waals surface area (Å²) in [5.74, 6) is -0.498. The molecule has 1 aliphatic carbocycles. The molecule has 3 heterocycles. The minimum atomic E-state index is -0.616. The molecule has 1 aliphatic rings. The number of benzene rings is 1. The molecule has 158 valence electrons. The van der Waals surface area contributed by atoms with Crippen molar-refractivity contribution >= 4 is 0 Å². The molecule has 1 saturated carbocycles. The van der Waals surface area contributed by atoms with Crippen molar-refractivity contribution in [1.29, 1.82) is 0 Å². The Morgan fingerprint density at radius 2 is 1.84 bits per heavy atom. The molecule has 1 fully saturated rings. The Morgan fingerprint density at radius 3 is 2.65 bits per heavy atom. The Hall–Kier alpha value is -3.42. The van der Waals surface area contributed by atoms with Crippen LogP contribution in [-0.4, -0.2) is 24.9 Å². The third-order valence-corrected chi connectivity index (χ3v) is 5.96. The van der Waals surface area contributed by atoms with Crippen LogP contribution in [0, 0.1) is 17.6 Å². The zero-order chi connectivity index (χ0) is 21.4. The highest BCUT2D eigenvalue weighted by molar-refractivity contribution is 5.77. The first kappa shape index (κ1) is 19.5. The van der Waals surface area contributed by atoms with Gasteiger partial charge in [-0.25, -0.2) is 8.78 Å². The van der Waals surface area contributed by atoms with Crippen LogP contribution in [0.15, 0.2) is 53.4 Å². The maximum atomic E-state index is 14.2. The van der Waals surface area contributed by atoms with E-state index in [1.807, 2.05) is 16.8 Å². The van der Waals surface area contributed by atoms with Crippen LogP contribution in [0.4, 0.5) is 8.78 Å². The molecule has 5 rings (SSSR count). The summed E-state index contributed by atoms with van der Waals surface area (Å²) in [6, 6.07) is 7.24. The summed E-state index contributed by atoms with van der Waals surface area (Å²) in [7, 11) is 0. The first-order valence-corrected chi connectivity index (χ1v) is 10.4. The molecule has 0 saturated heterocycles. The molecule has 3 aromatic heterocycles. The van der Waals surface area contributed by atoms with Crippen molar-refractivity contribution in [3.63, 3.8) is 0 Å². The number of aromatic nitrogens is 5. The topological polar surface area (TPSA) is 69.6 Å². The van der Waals surface area contributed by atoms with Crippen molar-refractivity contribution in [1.82, 2.24) is 24.9 Å². The molecule has 0 N–H and O–H groups in total. The summed E-state index contributed by atoms with van der Waals surface area (Å²) < 4.78 is 35.3. The van der Waals surface area contributed by atoms with Gasteiger partial charge in [0.2, 0.25) is 5.82 Å². The van der Waals surface area contributed by atoms with Crippen LogP contribution in [0.25, 0.3) is 34.1 Å². The number of nitrogens with zero attached hydrogens (tertiary/aromatic N) is 5. The lowest BCUT2D eigenvalue weighted by atomic mass is 9.85. The molecule has 0 radical (unpaired) electrons. The van der Waals surface area contributed by atoms with Crippen molar-refractivity contribution in [3.8, 4) is 34.1 Å². The molecule has 8 heteroatoms. The molecule has 6 nitrogen and oxygen atoms in total. The number of rotatable bonds is 4. The van der Waals surface area contributed by atoms with Gasteiger partial charge in [0, 0.05) is 18.0 Å². The van der Waals surface area contributed by atoms with E-state index in [4.69, 9.17) is 9.62 Å². The van der Waals surface area contributed by atoms with E-state index in [0.29, 0.717) is 11.5 Å². The van der Waals surface area contributed by atoms with Gasteiger partial charge in [0.1, 0.15) is 11.6 Å². The summed E-state index contributed by atoms with van der Waals surface area (Å²) in [6.45, 7) is 2.25. The van der Waals surface area contributed by atoms with Crippen molar-refractivity contribution in [2.45, 2.75) is 38.6 Å². The van der Waals surface area contributed by atoms with Crippen LogP contribution in [0.3, 0.4) is 0 Å². The number of halogens is 2. The second-order valence-electron chi connectivity index (χ2n) is 7.96. The van der Waals surface area contributed by atoms with Gasteiger partial charge in [0.15, 0.2) is 0 Å². The Morgan fingerprint density at radius 1 is 1.03 bits per heavy atom. The maximum absolute atomic E-state index is 14.2. The third-order valence-electron chi connectivity index (χ3n) is 5.96. The SMILES string of the molecule is CC1CCCCC1n1ncc(-c2nc(-c3cc(F)ccc3F)no2)c1-c1ccncc1. The standard InChI is InChI=1S/C23H21F2N5O/c1-14-4-2-3-5-20(14)30-21(15-8-10-26-11-9-15)18(13-27-30)23-28-22(29-31-23)17-12-16(24)6-7-19(17)25/h6-14,20H,2-5H2,1H3. The first-order chi connectivity index (χ1) is 15.1. The maximum Gasteiger partial charge on any atom is 0.262 e. The van der Waals surface area contributed by atoms with Crippen LogP contribution in [0.1, 0.15) is 38.6 Å². The van der Waals surface area contributed by atoms with Gasteiger partial charge in [-0.3, -0.25) is 9.67 Å². The van der Waals surface area contributed by atoms with Crippen molar-refractivity contribution in [2.75, 3.05) is 0 Å². The quantitative estimate of drug-likeness (QED) is 0.423. The smallest absolute Gasteiger partial charge is 0.262 e. The fourth-order valence-corrected chi connectivity index (χ4v) is 4.34. The van der Waals surface area contributed by atoms with Crippen LogP contribution in [-0.2, 0) is 0 Å². The minimum Gasteiger partial charge on any atom is -0.333 e. The summed E-state index contributed by atoms with van der Waals surface area (Å²) in [5.41, 5.74) is 2.39. The van der Waals surface area contributed by atoms with Gasteiger partial charge in [0.25, 0.3) is 5.89 Å². The highest BCUT2D eigenvalue weighted by Gasteiger charge is 2.29. The molecule has 0 spiro atoms. The average molecular weight is 421 g/mol. The number of hydrogen-bond acceptors (Lipinski definition) is 5. The normalized spacial score (nSPS) is 18.9. The van der Waals surface area contributed by atoms with Gasteiger partial charge in [-0.2, -0.15) is 10.1 Å². The molecule has 0 aliphatic heterocycles. The van der Waals surface area contributed by atoms with Crippen LogP contribution in [0.5, 0.6) is 0 Å². The lowest BCUT2D eigenvalue weighted by Crippen LogP contribution is -2.22. The molecule has 0 amide bonds. The fraction of sp³-hybridized carbons (Fsp3) is 0.304. The lowest BCUT2D eigenvalue weighted by Gasteiger charge is -2.30. The summed E-state index contributed by atoms with van der Waals surface area (Å²) in [6.07, 6.45) is 9.73. The molecule has 2 unspecified atom stereocenters. The van der Waals surface area contributed by atoms with Gasteiger partial charge in [-0.1, -0.05) is 24.9 Å². The Labute approximate surface area is 177 Å². The first-order valence-electron chi connectivity index (χ1n) is 10.4.